The second-order valence-corrected chi connectivity index (χ2v) is 6.33. The molecule has 2 heterocycles. The zero-order chi connectivity index (χ0) is 11.3. The molecule has 2 aromatic rings. The number of aromatic nitrogens is 2. The molecule has 0 N–H and O–H groups in total. The van der Waals surface area contributed by atoms with E-state index in [9.17, 15) is 0 Å². The number of nitrogens with zero attached hydrogens (tertiary/aromatic N) is 2. The van der Waals surface area contributed by atoms with Crippen molar-refractivity contribution in [3.05, 3.63) is 29.3 Å². The van der Waals surface area contributed by atoms with Gasteiger partial charge in [-0.1, -0.05) is 0 Å². The van der Waals surface area contributed by atoms with Crippen LogP contribution in [0.15, 0.2) is 18.0 Å². The molecule has 80 valence electrons. The first-order valence-corrected chi connectivity index (χ1v) is 7.30. The molecule has 2 nitrogen and oxygen atoms in total. The molecule has 0 saturated carbocycles. The molecule has 0 aromatic carbocycles. The van der Waals surface area contributed by atoms with Crippen LogP contribution in [0.25, 0.3) is 5.52 Å². The van der Waals surface area contributed by atoms with Crippen LogP contribution in [0.2, 0.25) is 0 Å². The summed E-state index contributed by atoms with van der Waals surface area (Å²) in [6.45, 7) is 4.04. The van der Waals surface area contributed by atoms with E-state index >= 15 is 0 Å². The number of aryl methyl sites for hydroxylation is 2. The van der Waals surface area contributed by atoms with Gasteiger partial charge in [-0.05, 0) is 83.1 Å². The van der Waals surface area contributed by atoms with Gasteiger partial charge in [0.05, 0.1) is 20.2 Å². The maximum atomic E-state index is 4.48. The maximum absolute atomic E-state index is 4.48. The van der Waals surface area contributed by atoms with Gasteiger partial charge in [0.1, 0.15) is 4.60 Å². The minimum Gasteiger partial charge on any atom is -0.224 e. The first kappa shape index (κ1) is 12.1. The van der Waals surface area contributed by atoms with E-state index in [1.54, 1.807) is 0 Å². The Kier molecular flexibility index (Phi) is 3.32. The van der Waals surface area contributed by atoms with Gasteiger partial charge in [-0.15, -0.1) is 0 Å². The van der Waals surface area contributed by atoms with Gasteiger partial charge < -0.3 is 0 Å². The van der Waals surface area contributed by atoms with Crippen molar-refractivity contribution in [3.63, 3.8) is 0 Å². The zero-order valence-corrected chi connectivity index (χ0v) is 14.3. The Hall–Kier alpha value is 0.610. The Bertz CT molecular complexity index is 559. The molecule has 2 aromatic heterocycles. The normalized spacial score (nSPS) is 11.3. The van der Waals surface area contributed by atoms with Crippen molar-refractivity contribution in [1.82, 2.24) is 9.61 Å². The van der Waals surface area contributed by atoms with Crippen LogP contribution in [-0.4, -0.2) is 9.61 Å². The fourth-order valence-electron chi connectivity index (χ4n) is 1.47. The molecule has 2 rings (SSSR count). The van der Waals surface area contributed by atoms with Crippen LogP contribution in [-0.2, 0) is 0 Å². The summed E-state index contributed by atoms with van der Waals surface area (Å²) in [5.74, 6) is 0. The smallest absolute Gasteiger partial charge is 0.123 e. The van der Waals surface area contributed by atoms with Crippen LogP contribution >= 0.6 is 63.7 Å². The number of rotatable bonds is 0. The lowest BCUT2D eigenvalue weighted by Crippen LogP contribution is -1.98. The largest absolute Gasteiger partial charge is 0.224 e. The fraction of sp³-hybridized carbons (Fsp3) is 0.222. The monoisotopic (exact) mass is 458 g/mol. The predicted molar refractivity (Wildman–Crippen MR) is 75.5 cm³/mol. The van der Waals surface area contributed by atoms with Crippen LogP contribution in [0.4, 0.5) is 0 Å². The minimum atomic E-state index is 0.920. The van der Waals surface area contributed by atoms with Crippen LogP contribution in [0.3, 0.4) is 0 Å². The number of fused-ring (bicyclic) bond motifs is 1. The van der Waals surface area contributed by atoms with Crippen molar-refractivity contribution >= 4 is 69.2 Å². The van der Waals surface area contributed by atoms with Gasteiger partial charge in [-0.25, -0.2) is 4.52 Å². The summed E-state index contributed by atoms with van der Waals surface area (Å²) in [5, 5.41) is 4.48. The lowest BCUT2D eigenvalue weighted by atomic mass is 10.2. The Morgan fingerprint density at radius 2 is 1.53 bits per heavy atom. The van der Waals surface area contributed by atoms with E-state index in [0.717, 1.165) is 29.2 Å². The molecule has 0 radical (unpaired) electrons. The standard InChI is InChI=1S/C9H6Br4N2/c1-3-5(10)4(2)14-15-8(3)6(11)7(12)9(15)13/h1-2H3. The first-order chi connectivity index (χ1) is 6.95. The predicted octanol–water partition coefficient (Wildman–Crippen LogP) is 5.00. The highest BCUT2D eigenvalue weighted by Gasteiger charge is 2.17. The van der Waals surface area contributed by atoms with Crippen molar-refractivity contribution in [2.24, 2.45) is 0 Å². The summed E-state index contributed by atoms with van der Waals surface area (Å²) in [6, 6.07) is 0. The first-order valence-electron chi connectivity index (χ1n) is 4.13. The number of hydrogen-bond acceptors (Lipinski definition) is 1. The molecule has 0 saturated heterocycles. The van der Waals surface area contributed by atoms with Gasteiger partial charge in [0.25, 0.3) is 0 Å². The van der Waals surface area contributed by atoms with E-state index < -0.39 is 0 Å². The van der Waals surface area contributed by atoms with Crippen LogP contribution in [0, 0.1) is 13.8 Å². The van der Waals surface area contributed by atoms with Gasteiger partial charge in [-0.3, -0.25) is 0 Å². The highest BCUT2D eigenvalue weighted by atomic mass is 79.9. The molecule has 0 aliphatic heterocycles. The molecule has 0 unspecified atom stereocenters. The van der Waals surface area contributed by atoms with Crippen molar-refractivity contribution < 1.29 is 0 Å². The third-order valence-corrected chi connectivity index (χ3v) is 6.74. The van der Waals surface area contributed by atoms with E-state index in [1.165, 1.54) is 5.56 Å². The Morgan fingerprint density at radius 3 is 2.13 bits per heavy atom. The summed E-state index contributed by atoms with van der Waals surface area (Å²) in [5.41, 5.74) is 3.20. The van der Waals surface area contributed by atoms with E-state index in [-0.39, 0.29) is 0 Å². The number of hydrogen-bond donors (Lipinski definition) is 0. The molecule has 15 heavy (non-hydrogen) atoms. The molecule has 0 aliphatic rings. The third kappa shape index (κ3) is 1.73. The Morgan fingerprint density at radius 1 is 0.933 bits per heavy atom. The lowest BCUT2D eigenvalue weighted by Gasteiger charge is -2.06. The van der Waals surface area contributed by atoms with Gasteiger partial charge >= 0.3 is 0 Å². The van der Waals surface area contributed by atoms with E-state index in [1.807, 2.05) is 11.4 Å². The molecular formula is C9H6Br4N2. The minimum absolute atomic E-state index is 0.920. The quantitative estimate of drug-likeness (QED) is 0.540. The van der Waals surface area contributed by atoms with E-state index in [4.69, 9.17) is 0 Å². The molecule has 0 spiro atoms. The average Bonchev–Trinajstić information content (AvgIpc) is 2.40. The van der Waals surface area contributed by atoms with Crippen molar-refractivity contribution in [1.29, 1.82) is 0 Å². The molecule has 0 atom stereocenters. The summed E-state index contributed by atoms with van der Waals surface area (Å²) in [4.78, 5) is 0. The van der Waals surface area contributed by atoms with Gasteiger partial charge in [-0.2, -0.15) is 5.10 Å². The topological polar surface area (TPSA) is 17.3 Å². The Labute approximate surface area is 121 Å². The summed E-state index contributed by atoms with van der Waals surface area (Å²) in [6.07, 6.45) is 0. The molecule has 6 heteroatoms. The van der Waals surface area contributed by atoms with Gasteiger partial charge in [0, 0.05) is 4.47 Å². The van der Waals surface area contributed by atoms with Crippen LogP contribution in [0.1, 0.15) is 11.3 Å². The lowest BCUT2D eigenvalue weighted by molar-refractivity contribution is 0.871. The highest BCUT2D eigenvalue weighted by Crippen LogP contribution is 2.39. The van der Waals surface area contributed by atoms with Gasteiger partial charge in [0.2, 0.25) is 0 Å². The van der Waals surface area contributed by atoms with E-state index in [2.05, 4.69) is 75.7 Å². The summed E-state index contributed by atoms with van der Waals surface area (Å²) < 4.78 is 5.84. The van der Waals surface area contributed by atoms with Crippen LogP contribution < -0.4 is 0 Å². The molecule has 0 amide bonds. The molecule has 0 fully saturated rings. The second-order valence-electron chi connectivity index (χ2n) is 3.20. The Balaban J connectivity index is 3.06. The second kappa shape index (κ2) is 4.13. The fourth-order valence-corrected chi connectivity index (χ4v) is 3.46. The zero-order valence-electron chi connectivity index (χ0n) is 7.91. The number of halogens is 4. The molecule has 0 bridgehead atoms. The van der Waals surface area contributed by atoms with E-state index in [0.29, 0.717) is 0 Å². The van der Waals surface area contributed by atoms with Crippen molar-refractivity contribution in [2.75, 3.05) is 0 Å². The van der Waals surface area contributed by atoms with Gasteiger partial charge in [0.15, 0.2) is 0 Å². The summed E-state index contributed by atoms with van der Waals surface area (Å²) >= 11 is 14.1. The summed E-state index contributed by atoms with van der Waals surface area (Å²) in [7, 11) is 0. The highest BCUT2D eigenvalue weighted by molar-refractivity contribution is 9.14. The third-order valence-electron chi connectivity index (χ3n) is 2.23. The van der Waals surface area contributed by atoms with Crippen molar-refractivity contribution in [2.45, 2.75) is 13.8 Å². The maximum Gasteiger partial charge on any atom is 0.123 e. The molecule has 0 aliphatic carbocycles. The van der Waals surface area contributed by atoms with Crippen LogP contribution in [0.5, 0.6) is 0 Å². The SMILES string of the molecule is Cc1nn2c(Br)c(Br)c(Br)c2c(C)c1Br. The van der Waals surface area contributed by atoms with Crippen molar-refractivity contribution in [3.8, 4) is 0 Å². The average molecular weight is 462 g/mol. The molecular weight excluding hydrogens is 456 g/mol.